The van der Waals surface area contributed by atoms with Gasteiger partial charge in [0.2, 0.25) is 0 Å². The van der Waals surface area contributed by atoms with Gasteiger partial charge in [0.05, 0.1) is 6.42 Å². The van der Waals surface area contributed by atoms with Gasteiger partial charge in [0, 0.05) is 22.8 Å². The van der Waals surface area contributed by atoms with Crippen LogP contribution in [0.15, 0.2) is 6.20 Å². The SMILES string of the molecule is Cc1ncc(CC(=O)O)c(C(F)F)c1CBr. The Labute approximate surface area is 99.6 Å². The standard InChI is InChI=1S/C10H10BrF2NO2/c1-5-7(3-11)9(10(12)13)6(4-14-5)2-8(15)16/h4,10H,2-3H2,1H3,(H,15,16). The lowest BCUT2D eigenvalue weighted by Crippen LogP contribution is -2.09. The highest BCUT2D eigenvalue weighted by molar-refractivity contribution is 9.08. The number of hydrogen-bond donors (Lipinski definition) is 1. The maximum absolute atomic E-state index is 12.9. The van der Waals surface area contributed by atoms with Gasteiger partial charge in [-0.2, -0.15) is 0 Å². The summed E-state index contributed by atoms with van der Waals surface area (Å²) in [7, 11) is 0. The second-order valence-electron chi connectivity index (χ2n) is 3.27. The van der Waals surface area contributed by atoms with Gasteiger partial charge in [-0.05, 0) is 18.1 Å². The van der Waals surface area contributed by atoms with Crippen molar-refractivity contribution in [2.24, 2.45) is 0 Å². The van der Waals surface area contributed by atoms with Crippen LogP contribution in [-0.2, 0) is 16.5 Å². The number of nitrogens with zero attached hydrogens (tertiary/aromatic N) is 1. The molecule has 0 spiro atoms. The molecule has 0 bridgehead atoms. The predicted molar refractivity (Wildman–Crippen MR) is 57.9 cm³/mol. The van der Waals surface area contributed by atoms with E-state index in [1.807, 2.05) is 0 Å². The zero-order valence-electron chi connectivity index (χ0n) is 8.51. The largest absolute Gasteiger partial charge is 0.481 e. The Hall–Kier alpha value is -1.04. The van der Waals surface area contributed by atoms with Gasteiger partial charge in [-0.15, -0.1) is 0 Å². The zero-order chi connectivity index (χ0) is 12.3. The third-order valence-corrected chi connectivity index (χ3v) is 2.78. The van der Waals surface area contributed by atoms with Crippen LogP contribution in [-0.4, -0.2) is 16.1 Å². The monoisotopic (exact) mass is 293 g/mol. The second kappa shape index (κ2) is 5.34. The first-order valence-corrected chi connectivity index (χ1v) is 5.62. The summed E-state index contributed by atoms with van der Waals surface area (Å²) in [5.74, 6) is -1.15. The van der Waals surface area contributed by atoms with E-state index in [0.29, 0.717) is 11.3 Å². The Morgan fingerprint density at radius 2 is 2.25 bits per heavy atom. The summed E-state index contributed by atoms with van der Waals surface area (Å²) >= 11 is 3.11. The summed E-state index contributed by atoms with van der Waals surface area (Å²) in [6.45, 7) is 1.62. The molecule has 0 aromatic carbocycles. The number of pyridine rings is 1. The van der Waals surface area contributed by atoms with E-state index in [4.69, 9.17) is 5.11 Å². The van der Waals surface area contributed by atoms with Crippen LogP contribution >= 0.6 is 15.9 Å². The molecule has 1 N–H and O–H groups in total. The first-order chi connectivity index (χ1) is 7.47. The normalized spacial score (nSPS) is 10.8. The van der Waals surface area contributed by atoms with E-state index < -0.39 is 18.8 Å². The summed E-state index contributed by atoms with van der Waals surface area (Å²) in [5, 5.41) is 8.86. The Bertz CT molecular complexity index is 410. The summed E-state index contributed by atoms with van der Waals surface area (Å²) < 4.78 is 25.7. The Kier molecular flexibility index (Phi) is 4.35. The number of alkyl halides is 3. The van der Waals surface area contributed by atoms with Crippen molar-refractivity contribution in [1.82, 2.24) is 4.98 Å². The van der Waals surface area contributed by atoms with E-state index in [0.717, 1.165) is 0 Å². The van der Waals surface area contributed by atoms with Crippen molar-refractivity contribution in [3.8, 4) is 0 Å². The summed E-state index contributed by atoms with van der Waals surface area (Å²) in [6.07, 6.45) is -1.92. The van der Waals surface area contributed by atoms with Crippen LogP contribution in [0.5, 0.6) is 0 Å². The fraction of sp³-hybridized carbons (Fsp3) is 0.400. The number of carboxylic acid groups (broad SMARTS) is 1. The smallest absolute Gasteiger partial charge is 0.307 e. The Morgan fingerprint density at radius 1 is 1.62 bits per heavy atom. The van der Waals surface area contributed by atoms with Crippen LogP contribution in [0.1, 0.15) is 28.8 Å². The number of rotatable bonds is 4. The van der Waals surface area contributed by atoms with Gasteiger partial charge in [0.1, 0.15) is 0 Å². The molecule has 0 radical (unpaired) electrons. The van der Waals surface area contributed by atoms with Crippen LogP contribution in [0.25, 0.3) is 0 Å². The lowest BCUT2D eigenvalue weighted by molar-refractivity contribution is -0.136. The maximum Gasteiger partial charge on any atom is 0.307 e. The van der Waals surface area contributed by atoms with Gasteiger partial charge in [0.25, 0.3) is 6.43 Å². The van der Waals surface area contributed by atoms with E-state index in [1.165, 1.54) is 6.20 Å². The fourth-order valence-electron chi connectivity index (χ4n) is 1.46. The van der Waals surface area contributed by atoms with Gasteiger partial charge in [-0.1, -0.05) is 15.9 Å². The van der Waals surface area contributed by atoms with Crippen molar-refractivity contribution in [2.45, 2.75) is 25.1 Å². The number of halogens is 3. The molecule has 1 aromatic heterocycles. The molecule has 1 aromatic rings. The fourth-order valence-corrected chi connectivity index (χ4v) is 2.16. The molecule has 0 atom stereocenters. The third kappa shape index (κ3) is 2.75. The van der Waals surface area contributed by atoms with Gasteiger partial charge in [-0.3, -0.25) is 9.78 Å². The number of hydrogen-bond acceptors (Lipinski definition) is 2. The number of carbonyl (C=O) groups is 1. The first kappa shape index (κ1) is 13.0. The number of aliphatic carboxylic acids is 1. The number of aryl methyl sites for hydroxylation is 1. The summed E-state index contributed by atoms with van der Waals surface area (Å²) in [6, 6.07) is 0. The molecule has 0 saturated heterocycles. The van der Waals surface area contributed by atoms with E-state index in [-0.39, 0.29) is 16.5 Å². The molecule has 0 aliphatic heterocycles. The highest BCUT2D eigenvalue weighted by Gasteiger charge is 2.21. The summed E-state index contributed by atoms with van der Waals surface area (Å²) in [5.41, 5.74) is 0.712. The van der Waals surface area contributed by atoms with Crippen LogP contribution in [0.3, 0.4) is 0 Å². The molecule has 16 heavy (non-hydrogen) atoms. The lowest BCUT2D eigenvalue weighted by atomic mass is 10.0. The van der Waals surface area contributed by atoms with E-state index in [9.17, 15) is 13.6 Å². The topological polar surface area (TPSA) is 50.2 Å². The summed E-state index contributed by atoms with van der Waals surface area (Å²) in [4.78, 5) is 14.5. The minimum Gasteiger partial charge on any atom is -0.481 e. The van der Waals surface area contributed by atoms with Crippen LogP contribution in [0, 0.1) is 6.92 Å². The average molecular weight is 294 g/mol. The molecule has 0 saturated carbocycles. The predicted octanol–water partition coefficient (Wildman–Crippen LogP) is 2.85. The van der Waals surface area contributed by atoms with Crippen LogP contribution in [0.2, 0.25) is 0 Å². The molecule has 0 unspecified atom stereocenters. The minimum absolute atomic E-state index is 0.0718. The Morgan fingerprint density at radius 3 is 2.69 bits per heavy atom. The van der Waals surface area contributed by atoms with Crippen molar-refractivity contribution in [3.05, 3.63) is 28.6 Å². The molecule has 0 aliphatic rings. The molecule has 0 amide bonds. The second-order valence-corrected chi connectivity index (χ2v) is 3.83. The minimum atomic E-state index is -2.69. The van der Waals surface area contributed by atoms with Crippen molar-refractivity contribution in [1.29, 1.82) is 0 Å². The van der Waals surface area contributed by atoms with Crippen molar-refractivity contribution >= 4 is 21.9 Å². The molecular formula is C10H10BrF2NO2. The van der Waals surface area contributed by atoms with E-state index in [1.54, 1.807) is 6.92 Å². The van der Waals surface area contributed by atoms with E-state index >= 15 is 0 Å². The van der Waals surface area contributed by atoms with Gasteiger partial charge in [-0.25, -0.2) is 8.78 Å². The van der Waals surface area contributed by atoms with Crippen LogP contribution < -0.4 is 0 Å². The highest BCUT2D eigenvalue weighted by Crippen LogP contribution is 2.29. The first-order valence-electron chi connectivity index (χ1n) is 4.50. The molecule has 1 rings (SSSR count). The van der Waals surface area contributed by atoms with Gasteiger partial charge >= 0.3 is 5.97 Å². The zero-order valence-corrected chi connectivity index (χ0v) is 10.1. The van der Waals surface area contributed by atoms with Crippen molar-refractivity contribution in [2.75, 3.05) is 0 Å². The average Bonchev–Trinajstić information content (AvgIpc) is 2.18. The number of carboxylic acids is 1. The quantitative estimate of drug-likeness (QED) is 0.869. The lowest BCUT2D eigenvalue weighted by Gasteiger charge is -2.13. The molecule has 88 valence electrons. The van der Waals surface area contributed by atoms with Crippen molar-refractivity contribution < 1.29 is 18.7 Å². The van der Waals surface area contributed by atoms with E-state index in [2.05, 4.69) is 20.9 Å². The molecule has 6 heteroatoms. The Balaban J connectivity index is 3.32. The number of aromatic nitrogens is 1. The maximum atomic E-state index is 12.9. The van der Waals surface area contributed by atoms with Crippen molar-refractivity contribution in [3.63, 3.8) is 0 Å². The van der Waals surface area contributed by atoms with Gasteiger partial charge in [0.15, 0.2) is 0 Å². The van der Waals surface area contributed by atoms with Gasteiger partial charge < -0.3 is 5.11 Å². The molecule has 1 heterocycles. The molecule has 0 aliphatic carbocycles. The third-order valence-electron chi connectivity index (χ3n) is 2.22. The molecular weight excluding hydrogens is 284 g/mol. The highest BCUT2D eigenvalue weighted by atomic mass is 79.9. The molecule has 0 fully saturated rings. The molecule has 3 nitrogen and oxygen atoms in total. The van der Waals surface area contributed by atoms with Crippen LogP contribution in [0.4, 0.5) is 8.78 Å².